The molecule has 2 aliphatic heterocycles. The summed E-state index contributed by atoms with van der Waals surface area (Å²) in [6.45, 7) is 9.15. The number of allylic oxidation sites excluding steroid dienone is 3. The van der Waals surface area contributed by atoms with Gasteiger partial charge in [-0.1, -0.05) is 6.58 Å². The second-order valence-electron chi connectivity index (χ2n) is 5.78. The average molecular weight is 300 g/mol. The molecule has 0 unspecified atom stereocenters. The van der Waals surface area contributed by atoms with E-state index in [9.17, 15) is 8.78 Å². The molecular formula is C15H26F2N4. The van der Waals surface area contributed by atoms with E-state index in [4.69, 9.17) is 0 Å². The van der Waals surface area contributed by atoms with Gasteiger partial charge in [-0.2, -0.15) is 0 Å². The Morgan fingerprint density at radius 1 is 1.29 bits per heavy atom. The van der Waals surface area contributed by atoms with Crippen molar-refractivity contribution in [1.82, 2.24) is 20.9 Å². The molecule has 2 heterocycles. The second-order valence-corrected chi connectivity index (χ2v) is 5.78. The fraction of sp³-hybridized carbons (Fsp3) is 0.733. The quantitative estimate of drug-likeness (QED) is 0.675. The second kappa shape index (κ2) is 7.87. The molecular weight excluding hydrogens is 274 g/mol. The van der Waals surface area contributed by atoms with E-state index < -0.39 is 6.43 Å². The fourth-order valence-electron chi connectivity index (χ4n) is 2.83. The van der Waals surface area contributed by atoms with Gasteiger partial charge in [0.15, 0.2) is 0 Å². The summed E-state index contributed by atoms with van der Waals surface area (Å²) >= 11 is 0. The summed E-state index contributed by atoms with van der Waals surface area (Å²) in [5.74, 6) is 0. The number of nitrogens with one attached hydrogen (secondary N) is 3. The molecule has 0 radical (unpaired) electrons. The van der Waals surface area contributed by atoms with Gasteiger partial charge in [0.25, 0.3) is 6.43 Å². The third-order valence-electron chi connectivity index (χ3n) is 4.12. The van der Waals surface area contributed by atoms with Gasteiger partial charge < -0.3 is 4.90 Å². The van der Waals surface area contributed by atoms with Crippen molar-refractivity contribution in [3.05, 3.63) is 23.9 Å². The minimum atomic E-state index is -2.47. The van der Waals surface area contributed by atoms with Crippen LogP contribution in [-0.2, 0) is 0 Å². The van der Waals surface area contributed by atoms with Crippen LogP contribution in [0.15, 0.2) is 23.9 Å². The Balaban J connectivity index is 1.76. The minimum absolute atomic E-state index is 0.108. The first-order chi connectivity index (χ1) is 10.1. The molecule has 0 aliphatic carbocycles. The number of hydrogen-bond donors (Lipinski definition) is 3. The molecule has 0 amide bonds. The maximum Gasteiger partial charge on any atom is 0.263 e. The van der Waals surface area contributed by atoms with Crippen LogP contribution < -0.4 is 16.0 Å². The summed E-state index contributed by atoms with van der Waals surface area (Å²) in [6, 6.07) is 0.468. The SMILES string of the molecule is C=C(C=C(C)N1CCC(NC2NCCCN2)CC1)C(F)F. The zero-order chi connectivity index (χ0) is 15.2. The lowest BCUT2D eigenvalue weighted by Gasteiger charge is -2.37. The van der Waals surface area contributed by atoms with Crippen LogP contribution in [-0.4, -0.2) is 49.8 Å². The highest BCUT2D eigenvalue weighted by Crippen LogP contribution is 2.18. The molecule has 3 N–H and O–H groups in total. The standard InChI is InChI=1S/C15H26F2N4/c1-11(14(16)17)10-12(2)21-8-4-13(5-9-21)20-15-18-6-3-7-19-15/h10,13-15,18-20H,1,3-9H2,2H3. The first kappa shape index (κ1) is 16.4. The predicted octanol–water partition coefficient (Wildman–Crippen LogP) is 1.63. The molecule has 0 aromatic carbocycles. The van der Waals surface area contributed by atoms with Gasteiger partial charge in [-0.25, -0.2) is 8.78 Å². The van der Waals surface area contributed by atoms with Crippen LogP contribution in [0.2, 0.25) is 0 Å². The van der Waals surface area contributed by atoms with Crippen LogP contribution in [0.5, 0.6) is 0 Å². The van der Waals surface area contributed by atoms with Crippen molar-refractivity contribution in [2.45, 2.75) is 44.9 Å². The number of likely N-dealkylation sites (tertiary alicyclic amines) is 1. The summed E-state index contributed by atoms with van der Waals surface area (Å²) in [7, 11) is 0. The molecule has 0 saturated carbocycles. The Morgan fingerprint density at radius 2 is 1.90 bits per heavy atom. The monoisotopic (exact) mass is 300 g/mol. The Kier molecular flexibility index (Phi) is 6.14. The van der Waals surface area contributed by atoms with E-state index in [1.54, 1.807) is 0 Å². The molecule has 0 bridgehead atoms. The van der Waals surface area contributed by atoms with Gasteiger partial charge in [0.1, 0.15) is 6.29 Å². The number of halogens is 2. The lowest BCUT2D eigenvalue weighted by Crippen LogP contribution is -2.60. The van der Waals surface area contributed by atoms with Gasteiger partial charge in [0.2, 0.25) is 0 Å². The molecule has 120 valence electrons. The van der Waals surface area contributed by atoms with E-state index in [2.05, 4.69) is 27.4 Å². The lowest BCUT2D eigenvalue weighted by atomic mass is 10.0. The van der Waals surface area contributed by atoms with Crippen LogP contribution in [0, 0.1) is 0 Å². The van der Waals surface area contributed by atoms with Crippen LogP contribution >= 0.6 is 0 Å². The molecule has 21 heavy (non-hydrogen) atoms. The normalized spacial score (nSPS) is 22.9. The number of alkyl halides is 2. The van der Waals surface area contributed by atoms with Crippen molar-refractivity contribution in [3.8, 4) is 0 Å². The minimum Gasteiger partial charge on any atom is -0.375 e. The maximum atomic E-state index is 12.5. The lowest BCUT2D eigenvalue weighted by molar-refractivity contribution is 0.191. The van der Waals surface area contributed by atoms with Crippen molar-refractivity contribution >= 4 is 0 Å². The van der Waals surface area contributed by atoms with Crippen LogP contribution in [0.1, 0.15) is 26.2 Å². The number of nitrogens with zero attached hydrogens (tertiary/aromatic N) is 1. The van der Waals surface area contributed by atoms with Crippen molar-refractivity contribution in [3.63, 3.8) is 0 Å². The summed E-state index contributed by atoms with van der Waals surface area (Å²) in [5.41, 5.74) is 0.774. The topological polar surface area (TPSA) is 39.3 Å². The Labute approximate surface area is 125 Å². The van der Waals surface area contributed by atoms with Crippen molar-refractivity contribution in [1.29, 1.82) is 0 Å². The molecule has 2 aliphatic rings. The molecule has 6 heteroatoms. The molecule has 2 saturated heterocycles. The van der Waals surface area contributed by atoms with Crippen molar-refractivity contribution < 1.29 is 8.78 Å². The zero-order valence-electron chi connectivity index (χ0n) is 12.7. The van der Waals surface area contributed by atoms with E-state index in [1.807, 2.05) is 6.92 Å². The van der Waals surface area contributed by atoms with Gasteiger partial charge in [0, 0.05) is 30.4 Å². The summed E-state index contributed by atoms with van der Waals surface area (Å²) < 4.78 is 25.0. The van der Waals surface area contributed by atoms with Crippen molar-refractivity contribution in [2.24, 2.45) is 0 Å². The summed E-state index contributed by atoms with van der Waals surface area (Å²) in [5, 5.41) is 10.4. The van der Waals surface area contributed by atoms with Crippen LogP contribution in [0.4, 0.5) is 8.78 Å². The van der Waals surface area contributed by atoms with Crippen LogP contribution in [0.3, 0.4) is 0 Å². The molecule has 0 aromatic rings. The highest BCUT2D eigenvalue weighted by atomic mass is 19.3. The molecule has 2 fully saturated rings. The smallest absolute Gasteiger partial charge is 0.263 e. The first-order valence-electron chi connectivity index (χ1n) is 7.69. The molecule has 4 nitrogen and oxygen atoms in total. The molecule has 0 spiro atoms. The maximum absolute atomic E-state index is 12.5. The summed E-state index contributed by atoms with van der Waals surface area (Å²) in [4.78, 5) is 2.16. The van der Waals surface area contributed by atoms with Crippen LogP contribution in [0.25, 0.3) is 0 Å². The summed E-state index contributed by atoms with van der Waals surface area (Å²) in [6.07, 6.45) is 2.43. The van der Waals surface area contributed by atoms with Crippen molar-refractivity contribution in [2.75, 3.05) is 26.2 Å². The van der Waals surface area contributed by atoms with E-state index in [0.717, 1.165) is 51.1 Å². The fourth-order valence-corrected chi connectivity index (χ4v) is 2.83. The Morgan fingerprint density at radius 3 is 2.48 bits per heavy atom. The van der Waals surface area contributed by atoms with E-state index in [0.29, 0.717) is 6.04 Å². The third-order valence-corrected chi connectivity index (χ3v) is 4.12. The van der Waals surface area contributed by atoms with Gasteiger partial charge in [-0.3, -0.25) is 16.0 Å². The predicted molar refractivity (Wildman–Crippen MR) is 81.0 cm³/mol. The van der Waals surface area contributed by atoms with Gasteiger partial charge >= 0.3 is 0 Å². The molecule has 0 aromatic heterocycles. The van der Waals surface area contributed by atoms with Gasteiger partial charge in [0.05, 0.1) is 0 Å². The number of piperidine rings is 1. The number of hydrogen-bond acceptors (Lipinski definition) is 4. The van der Waals surface area contributed by atoms with E-state index in [1.165, 1.54) is 6.08 Å². The Bertz CT molecular complexity index is 370. The zero-order valence-corrected chi connectivity index (χ0v) is 12.7. The number of rotatable bonds is 5. The van der Waals surface area contributed by atoms with E-state index in [-0.39, 0.29) is 11.9 Å². The molecule has 2 rings (SSSR count). The highest BCUT2D eigenvalue weighted by Gasteiger charge is 2.22. The van der Waals surface area contributed by atoms with Gasteiger partial charge in [-0.05, 0) is 45.4 Å². The van der Waals surface area contributed by atoms with E-state index >= 15 is 0 Å². The molecule has 0 atom stereocenters. The first-order valence-corrected chi connectivity index (χ1v) is 7.69. The largest absolute Gasteiger partial charge is 0.375 e. The average Bonchev–Trinajstić information content (AvgIpc) is 2.48. The Hall–Kier alpha value is -0.980. The third kappa shape index (κ3) is 5.05. The highest BCUT2D eigenvalue weighted by molar-refractivity contribution is 5.21. The van der Waals surface area contributed by atoms with Gasteiger partial charge in [-0.15, -0.1) is 0 Å².